The quantitative estimate of drug-likeness (QED) is 0.808. The molecule has 0 bridgehead atoms. The Morgan fingerprint density at radius 1 is 1.27 bits per heavy atom. The van der Waals surface area contributed by atoms with Crippen molar-refractivity contribution < 1.29 is 14.4 Å². The Labute approximate surface area is 153 Å². The van der Waals surface area contributed by atoms with Crippen LogP contribution in [-0.4, -0.2) is 46.7 Å². The molecular weight excluding hydrogens is 332 g/mol. The van der Waals surface area contributed by atoms with E-state index in [1.54, 1.807) is 6.07 Å². The van der Waals surface area contributed by atoms with E-state index in [-0.39, 0.29) is 43.0 Å². The maximum absolute atomic E-state index is 12.3. The first kappa shape index (κ1) is 18.4. The Balaban J connectivity index is 1.40. The second kappa shape index (κ2) is 8.29. The first-order valence-corrected chi connectivity index (χ1v) is 9.33. The van der Waals surface area contributed by atoms with Crippen molar-refractivity contribution in [3.63, 3.8) is 0 Å². The second-order valence-corrected chi connectivity index (χ2v) is 7.14. The number of amides is 3. The number of pyridine rings is 1. The summed E-state index contributed by atoms with van der Waals surface area (Å²) in [5.41, 5.74) is 0.828. The van der Waals surface area contributed by atoms with Gasteiger partial charge in [0.1, 0.15) is 5.82 Å². The largest absolute Gasteiger partial charge is 0.355 e. The molecule has 3 rings (SSSR count). The van der Waals surface area contributed by atoms with Crippen LogP contribution >= 0.6 is 0 Å². The topological polar surface area (TPSA) is 91.4 Å². The van der Waals surface area contributed by atoms with Crippen molar-refractivity contribution in [2.45, 2.75) is 51.5 Å². The van der Waals surface area contributed by atoms with Crippen molar-refractivity contribution >= 4 is 23.5 Å². The van der Waals surface area contributed by atoms with E-state index in [0.717, 1.165) is 31.4 Å². The van der Waals surface area contributed by atoms with Gasteiger partial charge in [-0.1, -0.05) is 18.9 Å². The number of nitrogens with zero attached hydrogens (tertiary/aromatic N) is 2. The first-order valence-electron chi connectivity index (χ1n) is 9.33. The molecule has 1 aliphatic carbocycles. The Kier molecular flexibility index (Phi) is 5.85. The number of aromatic nitrogens is 1. The minimum Gasteiger partial charge on any atom is -0.355 e. The molecule has 3 amide bonds. The van der Waals surface area contributed by atoms with E-state index in [2.05, 4.69) is 15.6 Å². The first-order chi connectivity index (χ1) is 12.5. The molecule has 0 radical (unpaired) electrons. The molecule has 26 heavy (non-hydrogen) atoms. The highest BCUT2D eigenvalue weighted by atomic mass is 16.2. The highest BCUT2D eigenvalue weighted by molar-refractivity contribution is 5.91. The van der Waals surface area contributed by atoms with Gasteiger partial charge in [-0.05, 0) is 31.9 Å². The van der Waals surface area contributed by atoms with Gasteiger partial charge in [-0.3, -0.25) is 14.4 Å². The molecule has 1 aliphatic heterocycles. The second-order valence-electron chi connectivity index (χ2n) is 7.14. The van der Waals surface area contributed by atoms with E-state index in [1.807, 2.05) is 24.0 Å². The lowest BCUT2D eigenvalue weighted by atomic mass is 10.1. The van der Waals surface area contributed by atoms with Crippen molar-refractivity contribution in [2.24, 2.45) is 5.92 Å². The van der Waals surface area contributed by atoms with Crippen LogP contribution in [0.3, 0.4) is 0 Å². The fourth-order valence-electron chi connectivity index (χ4n) is 3.74. The van der Waals surface area contributed by atoms with Gasteiger partial charge in [0.05, 0.1) is 5.92 Å². The van der Waals surface area contributed by atoms with Crippen molar-refractivity contribution in [3.05, 3.63) is 23.9 Å². The molecule has 1 aromatic rings. The molecule has 0 spiro atoms. The van der Waals surface area contributed by atoms with E-state index < -0.39 is 0 Å². The smallest absolute Gasteiger partial charge is 0.227 e. The molecule has 2 N–H and O–H groups in total. The van der Waals surface area contributed by atoms with Gasteiger partial charge >= 0.3 is 0 Å². The van der Waals surface area contributed by atoms with Crippen LogP contribution in [0.4, 0.5) is 5.82 Å². The third-order valence-corrected chi connectivity index (χ3v) is 5.10. The monoisotopic (exact) mass is 358 g/mol. The summed E-state index contributed by atoms with van der Waals surface area (Å²) in [6.07, 6.45) is 4.88. The van der Waals surface area contributed by atoms with Crippen molar-refractivity contribution in [1.29, 1.82) is 0 Å². The third-order valence-electron chi connectivity index (χ3n) is 5.10. The van der Waals surface area contributed by atoms with Crippen molar-refractivity contribution in [2.75, 3.05) is 18.4 Å². The molecule has 140 valence electrons. The van der Waals surface area contributed by atoms with Gasteiger partial charge in [-0.15, -0.1) is 0 Å². The number of nitrogens with one attached hydrogen (secondary N) is 2. The zero-order valence-electron chi connectivity index (χ0n) is 15.2. The van der Waals surface area contributed by atoms with Gasteiger partial charge in [0.2, 0.25) is 17.7 Å². The summed E-state index contributed by atoms with van der Waals surface area (Å²) >= 11 is 0. The van der Waals surface area contributed by atoms with Crippen LogP contribution in [0.15, 0.2) is 18.2 Å². The molecule has 2 heterocycles. The lowest BCUT2D eigenvalue weighted by molar-refractivity contribution is -0.130. The molecule has 1 aromatic heterocycles. The average molecular weight is 358 g/mol. The Morgan fingerprint density at radius 2 is 2.04 bits per heavy atom. The summed E-state index contributed by atoms with van der Waals surface area (Å²) in [6.45, 7) is 2.62. The number of rotatable bonds is 6. The van der Waals surface area contributed by atoms with Crippen molar-refractivity contribution in [3.8, 4) is 0 Å². The summed E-state index contributed by atoms with van der Waals surface area (Å²) in [4.78, 5) is 42.5. The number of aryl methyl sites for hydroxylation is 1. The average Bonchev–Trinajstić information content (AvgIpc) is 3.24. The Hall–Kier alpha value is -2.44. The van der Waals surface area contributed by atoms with Gasteiger partial charge in [-0.2, -0.15) is 0 Å². The Bertz CT molecular complexity index is 685. The SMILES string of the molecule is Cc1cccc(NC(=O)CCNC(=O)C2CC(=O)N(C3CCCC3)C2)n1. The fourth-order valence-corrected chi connectivity index (χ4v) is 3.74. The number of carbonyl (C=O) groups is 3. The molecule has 0 aromatic carbocycles. The number of hydrogen-bond acceptors (Lipinski definition) is 4. The third kappa shape index (κ3) is 4.59. The van der Waals surface area contributed by atoms with Gasteiger partial charge in [0, 0.05) is 37.7 Å². The molecule has 2 fully saturated rings. The van der Waals surface area contributed by atoms with E-state index >= 15 is 0 Å². The summed E-state index contributed by atoms with van der Waals surface area (Å²) in [7, 11) is 0. The lowest BCUT2D eigenvalue weighted by Gasteiger charge is -2.23. The molecule has 1 unspecified atom stereocenters. The van der Waals surface area contributed by atoms with Gasteiger partial charge in [-0.25, -0.2) is 4.98 Å². The van der Waals surface area contributed by atoms with Crippen LogP contribution in [0.5, 0.6) is 0 Å². The normalized spacial score (nSPS) is 20.4. The summed E-state index contributed by atoms with van der Waals surface area (Å²) in [6, 6.07) is 5.72. The van der Waals surface area contributed by atoms with Gasteiger partial charge < -0.3 is 15.5 Å². The predicted molar refractivity (Wildman–Crippen MR) is 97.3 cm³/mol. The fraction of sp³-hybridized carbons (Fsp3) is 0.579. The van der Waals surface area contributed by atoms with Crippen LogP contribution in [0.2, 0.25) is 0 Å². The van der Waals surface area contributed by atoms with E-state index in [9.17, 15) is 14.4 Å². The highest BCUT2D eigenvalue weighted by Crippen LogP contribution is 2.29. The maximum atomic E-state index is 12.3. The van der Waals surface area contributed by atoms with E-state index in [1.165, 1.54) is 0 Å². The standard InChI is InChI=1S/C19H26N4O3/c1-13-5-4-8-16(21-13)22-17(24)9-10-20-19(26)14-11-18(25)23(12-14)15-6-2-3-7-15/h4-5,8,14-15H,2-3,6-7,9-12H2,1H3,(H,20,26)(H,21,22,24). The van der Waals surface area contributed by atoms with Crippen LogP contribution < -0.4 is 10.6 Å². The minimum absolute atomic E-state index is 0.0836. The molecule has 1 saturated heterocycles. The van der Waals surface area contributed by atoms with Crippen LogP contribution in [0.1, 0.15) is 44.2 Å². The van der Waals surface area contributed by atoms with Crippen LogP contribution in [0.25, 0.3) is 0 Å². The molecule has 7 nitrogen and oxygen atoms in total. The van der Waals surface area contributed by atoms with E-state index in [4.69, 9.17) is 0 Å². The van der Waals surface area contributed by atoms with Gasteiger partial charge in [0.25, 0.3) is 0 Å². The van der Waals surface area contributed by atoms with Gasteiger partial charge in [0.15, 0.2) is 0 Å². The number of anilines is 1. The molecule has 2 aliphatic rings. The predicted octanol–water partition coefficient (Wildman–Crippen LogP) is 1.63. The lowest BCUT2D eigenvalue weighted by Crippen LogP contribution is -2.37. The van der Waals surface area contributed by atoms with Crippen LogP contribution in [0, 0.1) is 12.8 Å². The number of carbonyl (C=O) groups excluding carboxylic acids is 3. The van der Waals surface area contributed by atoms with Crippen molar-refractivity contribution in [1.82, 2.24) is 15.2 Å². The summed E-state index contributed by atoms with van der Waals surface area (Å²) in [5, 5.41) is 5.50. The van der Waals surface area contributed by atoms with E-state index in [0.29, 0.717) is 18.4 Å². The zero-order valence-corrected chi connectivity index (χ0v) is 15.2. The zero-order chi connectivity index (χ0) is 18.5. The summed E-state index contributed by atoms with van der Waals surface area (Å²) in [5.74, 6) is -0.0429. The number of likely N-dealkylation sites (tertiary alicyclic amines) is 1. The summed E-state index contributed by atoms with van der Waals surface area (Å²) < 4.78 is 0. The minimum atomic E-state index is -0.301. The molecule has 1 saturated carbocycles. The molecular formula is C19H26N4O3. The molecule has 7 heteroatoms. The number of hydrogen-bond donors (Lipinski definition) is 2. The maximum Gasteiger partial charge on any atom is 0.227 e. The Morgan fingerprint density at radius 3 is 2.77 bits per heavy atom. The molecule has 1 atom stereocenters. The van der Waals surface area contributed by atoms with Crippen LogP contribution in [-0.2, 0) is 14.4 Å². The highest BCUT2D eigenvalue weighted by Gasteiger charge is 2.38.